The smallest absolute Gasteiger partial charge is 0.234 e. The highest BCUT2D eigenvalue weighted by Gasteiger charge is 2.12. The van der Waals surface area contributed by atoms with Crippen molar-refractivity contribution in [3.05, 3.63) is 70.3 Å². The van der Waals surface area contributed by atoms with Crippen LogP contribution in [0.5, 0.6) is 0 Å². The molecule has 3 aromatic rings. The molecule has 5 nitrogen and oxygen atoms in total. The Kier molecular flexibility index (Phi) is 6.30. The van der Waals surface area contributed by atoms with Crippen LogP contribution in [0.1, 0.15) is 5.56 Å². The summed E-state index contributed by atoms with van der Waals surface area (Å²) < 4.78 is 0. The van der Waals surface area contributed by atoms with Crippen molar-refractivity contribution < 1.29 is 4.79 Å². The lowest BCUT2D eigenvalue weighted by Crippen LogP contribution is -2.14. The summed E-state index contributed by atoms with van der Waals surface area (Å²) in [5.74, 6) is -0.190. The van der Waals surface area contributed by atoms with Crippen molar-refractivity contribution in [1.29, 1.82) is 5.26 Å². The molecule has 0 spiro atoms. The fourth-order valence-corrected chi connectivity index (χ4v) is 3.43. The molecule has 0 fully saturated rings. The van der Waals surface area contributed by atoms with Gasteiger partial charge in [0.25, 0.3) is 0 Å². The molecule has 2 heterocycles. The van der Waals surface area contributed by atoms with Gasteiger partial charge in [0.1, 0.15) is 11.1 Å². The van der Waals surface area contributed by atoms with Gasteiger partial charge in [0.15, 0.2) is 0 Å². The van der Waals surface area contributed by atoms with Gasteiger partial charge < -0.3 is 5.32 Å². The molecule has 0 unspecified atom stereocenters. The van der Waals surface area contributed by atoms with Crippen LogP contribution in [0.2, 0.25) is 10.0 Å². The third-order valence-electron chi connectivity index (χ3n) is 3.45. The number of thioether (sulfide) groups is 1. The number of hydrogen-bond acceptors (Lipinski definition) is 5. The number of carbonyl (C=O) groups is 1. The summed E-state index contributed by atoms with van der Waals surface area (Å²) in [5.41, 5.74) is 2.21. The minimum atomic E-state index is -0.266. The SMILES string of the molecule is N#Cc1ccc(-c2ccccn2)nc1SCC(=O)Nc1ccc(Cl)cc1Cl. The van der Waals surface area contributed by atoms with Gasteiger partial charge in [-0.25, -0.2) is 4.98 Å². The quantitative estimate of drug-likeness (QED) is 0.590. The van der Waals surface area contributed by atoms with Gasteiger partial charge in [-0.3, -0.25) is 9.78 Å². The molecule has 1 aromatic carbocycles. The summed E-state index contributed by atoms with van der Waals surface area (Å²) in [6.07, 6.45) is 1.67. The Bertz CT molecular complexity index is 1020. The average Bonchev–Trinajstić information content (AvgIpc) is 2.69. The first kappa shape index (κ1) is 19.2. The van der Waals surface area contributed by atoms with E-state index < -0.39 is 0 Å². The van der Waals surface area contributed by atoms with E-state index in [2.05, 4.69) is 21.4 Å². The van der Waals surface area contributed by atoms with E-state index in [-0.39, 0.29) is 11.7 Å². The number of benzene rings is 1. The number of rotatable bonds is 5. The Morgan fingerprint density at radius 3 is 2.70 bits per heavy atom. The molecule has 0 bridgehead atoms. The highest BCUT2D eigenvalue weighted by atomic mass is 35.5. The second-order valence-electron chi connectivity index (χ2n) is 5.34. The first-order valence-electron chi connectivity index (χ1n) is 7.77. The minimum Gasteiger partial charge on any atom is -0.324 e. The maximum Gasteiger partial charge on any atom is 0.234 e. The van der Waals surface area contributed by atoms with Gasteiger partial charge >= 0.3 is 0 Å². The van der Waals surface area contributed by atoms with E-state index in [0.29, 0.717) is 37.7 Å². The lowest BCUT2D eigenvalue weighted by Gasteiger charge is -2.08. The predicted octanol–water partition coefficient (Wildman–Crippen LogP) is 5.05. The fraction of sp³-hybridized carbons (Fsp3) is 0.0526. The van der Waals surface area contributed by atoms with Crippen molar-refractivity contribution >= 4 is 46.6 Å². The van der Waals surface area contributed by atoms with Crippen LogP contribution in [-0.2, 0) is 4.79 Å². The molecule has 0 aliphatic carbocycles. The number of pyridine rings is 2. The van der Waals surface area contributed by atoms with Crippen molar-refractivity contribution in [1.82, 2.24) is 9.97 Å². The van der Waals surface area contributed by atoms with E-state index >= 15 is 0 Å². The second-order valence-corrected chi connectivity index (χ2v) is 7.14. The molecule has 0 aliphatic heterocycles. The Labute approximate surface area is 170 Å². The lowest BCUT2D eigenvalue weighted by atomic mass is 10.2. The number of hydrogen-bond donors (Lipinski definition) is 1. The van der Waals surface area contributed by atoms with Crippen LogP contribution in [0.3, 0.4) is 0 Å². The third kappa shape index (κ3) is 4.98. The van der Waals surface area contributed by atoms with E-state index in [1.165, 1.54) is 11.8 Å². The van der Waals surface area contributed by atoms with Crippen LogP contribution in [0.15, 0.2) is 59.8 Å². The van der Waals surface area contributed by atoms with Gasteiger partial charge in [0.2, 0.25) is 5.91 Å². The van der Waals surface area contributed by atoms with Crippen molar-refractivity contribution in [3.8, 4) is 17.5 Å². The number of nitrogens with zero attached hydrogens (tertiary/aromatic N) is 3. The number of nitriles is 1. The van der Waals surface area contributed by atoms with Crippen molar-refractivity contribution in [2.75, 3.05) is 11.1 Å². The van der Waals surface area contributed by atoms with Crippen LogP contribution in [-0.4, -0.2) is 21.6 Å². The van der Waals surface area contributed by atoms with Crippen molar-refractivity contribution in [3.63, 3.8) is 0 Å². The molecule has 0 saturated carbocycles. The number of aromatic nitrogens is 2. The third-order valence-corrected chi connectivity index (χ3v) is 4.99. The standard InChI is InChI=1S/C19H12Cl2N4OS/c20-13-5-7-15(14(21)9-13)24-18(26)11-27-19-12(10-22)4-6-17(25-19)16-3-1-2-8-23-16/h1-9H,11H2,(H,24,26). The van der Waals surface area contributed by atoms with Crippen LogP contribution in [0.25, 0.3) is 11.4 Å². The van der Waals surface area contributed by atoms with Crippen LogP contribution in [0.4, 0.5) is 5.69 Å². The van der Waals surface area contributed by atoms with Crippen molar-refractivity contribution in [2.24, 2.45) is 0 Å². The first-order chi connectivity index (χ1) is 13.1. The topological polar surface area (TPSA) is 78.7 Å². The molecule has 0 saturated heterocycles. The maximum atomic E-state index is 12.2. The van der Waals surface area contributed by atoms with Gasteiger partial charge in [0.05, 0.1) is 33.4 Å². The van der Waals surface area contributed by atoms with Gasteiger partial charge in [-0.2, -0.15) is 5.26 Å². The number of carbonyl (C=O) groups excluding carboxylic acids is 1. The Balaban J connectivity index is 1.73. The zero-order chi connectivity index (χ0) is 19.2. The molecule has 3 rings (SSSR count). The van der Waals surface area contributed by atoms with E-state index in [9.17, 15) is 10.1 Å². The van der Waals surface area contributed by atoms with Gasteiger partial charge in [-0.15, -0.1) is 0 Å². The summed E-state index contributed by atoms with van der Waals surface area (Å²) in [4.78, 5) is 21.0. The van der Waals surface area contributed by atoms with E-state index in [4.69, 9.17) is 23.2 Å². The van der Waals surface area contributed by atoms with Crippen LogP contribution < -0.4 is 5.32 Å². The zero-order valence-corrected chi connectivity index (χ0v) is 16.1. The largest absolute Gasteiger partial charge is 0.324 e. The molecular formula is C19H12Cl2N4OS. The molecule has 2 aromatic heterocycles. The van der Waals surface area contributed by atoms with Crippen LogP contribution in [0, 0.1) is 11.3 Å². The van der Waals surface area contributed by atoms with E-state index in [1.807, 2.05) is 18.2 Å². The van der Waals surface area contributed by atoms with Gasteiger partial charge in [-0.1, -0.05) is 41.0 Å². The number of anilines is 1. The Morgan fingerprint density at radius 1 is 1.15 bits per heavy atom. The highest BCUT2D eigenvalue weighted by Crippen LogP contribution is 2.27. The zero-order valence-electron chi connectivity index (χ0n) is 13.8. The lowest BCUT2D eigenvalue weighted by molar-refractivity contribution is -0.113. The summed E-state index contributed by atoms with van der Waals surface area (Å²) >= 11 is 13.1. The molecule has 0 radical (unpaired) electrons. The average molecular weight is 415 g/mol. The number of nitrogens with one attached hydrogen (secondary N) is 1. The fourth-order valence-electron chi connectivity index (χ4n) is 2.20. The van der Waals surface area contributed by atoms with E-state index in [1.54, 1.807) is 36.5 Å². The van der Waals surface area contributed by atoms with Gasteiger partial charge in [-0.05, 0) is 42.5 Å². The normalized spacial score (nSPS) is 10.3. The highest BCUT2D eigenvalue weighted by molar-refractivity contribution is 8.00. The maximum absolute atomic E-state index is 12.2. The van der Waals surface area contributed by atoms with Crippen molar-refractivity contribution in [2.45, 2.75) is 5.03 Å². The summed E-state index contributed by atoms with van der Waals surface area (Å²) in [5, 5.41) is 13.3. The minimum absolute atomic E-state index is 0.0757. The number of amides is 1. The predicted molar refractivity (Wildman–Crippen MR) is 108 cm³/mol. The molecule has 27 heavy (non-hydrogen) atoms. The number of halogens is 2. The first-order valence-corrected chi connectivity index (χ1v) is 9.51. The Morgan fingerprint density at radius 2 is 2.00 bits per heavy atom. The molecular weight excluding hydrogens is 403 g/mol. The van der Waals surface area contributed by atoms with E-state index in [0.717, 1.165) is 0 Å². The monoisotopic (exact) mass is 414 g/mol. The molecule has 134 valence electrons. The molecule has 0 aliphatic rings. The Hall–Kier alpha value is -2.59. The summed E-state index contributed by atoms with van der Waals surface area (Å²) in [6.45, 7) is 0. The van der Waals surface area contributed by atoms with Crippen LogP contribution >= 0.6 is 35.0 Å². The molecule has 1 N–H and O–H groups in total. The van der Waals surface area contributed by atoms with Gasteiger partial charge in [0, 0.05) is 11.2 Å². The molecule has 1 amide bonds. The summed E-state index contributed by atoms with van der Waals surface area (Å²) in [7, 11) is 0. The molecule has 8 heteroatoms. The second kappa shape index (κ2) is 8.87. The summed E-state index contributed by atoms with van der Waals surface area (Å²) in [6, 6.07) is 15.8. The molecule has 0 atom stereocenters.